The number of aliphatic hydroxyl groups is 1. The van der Waals surface area contributed by atoms with Gasteiger partial charge in [0.05, 0.1) is 6.54 Å². The molecule has 0 aromatic heterocycles. The lowest BCUT2D eigenvalue weighted by Gasteiger charge is -2.12. The molecule has 0 bridgehead atoms. The van der Waals surface area contributed by atoms with E-state index in [2.05, 4.69) is 10.3 Å². The van der Waals surface area contributed by atoms with Gasteiger partial charge in [0, 0.05) is 17.1 Å². The van der Waals surface area contributed by atoms with Gasteiger partial charge in [-0.3, -0.25) is 4.99 Å². The van der Waals surface area contributed by atoms with Gasteiger partial charge in [-0.15, -0.1) is 0 Å². The predicted molar refractivity (Wildman–Crippen MR) is 81.4 cm³/mol. The van der Waals surface area contributed by atoms with Crippen molar-refractivity contribution in [2.45, 2.75) is 6.10 Å². The topological polar surface area (TPSA) is 44.6 Å². The van der Waals surface area contributed by atoms with Crippen LogP contribution in [0.25, 0.3) is 0 Å². The van der Waals surface area contributed by atoms with Crippen molar-refractivity contribution in [1.82, 2.24) is 5.32 Å². The fraction of sp³-hybridized carbons (Fsp3) is 0.188. The van der Waals surface area contributed by atoms with Gasteiger partial charge in [-0.05, 0) is 23.3 Å². The zero-order chi connectivity index (χ0) is 13.9. The van der Waals surface area contributed by atoms with Gasteiger partial charge in [0.15, 0.2) is 0 Å². The Labute approximate surface area is 122 Å². The van der Waals surface area contributed by atoms with Crippen molar-refractivity contribution in [2.75, 3.05) is 13.1 Å². The summed E-state index contributed by atoms with van der Waals surface area (Å²) in [5, 5.41) is 14.3. The number of hydrogen-bond acceptors (Lipinski definition) is 3. The summed E-state index contributed by atoms with van der Waals surface area (Å²) in [4.78, 5) is 4.38. The highest BCUT2D eigenvalue weighted by atomic mass is 35.5. The highest BCUT2D eigenvalue weighted by Crippen LogP contribution is 2.23. The number of aliphatic hydroxyl groups excluding tert-OH is 1. The molecule has 0 saturated heterocycles. The predicted octanol–water partition coefficient (Wildman–Crippen LogP) is 2.77. The lowest BCUT2D eigenvalue weighted by molar-refractivity contribution is 0.220. The van der Waals surface area contributed by atoms with Gasteiger partial charge in [-0.1, -0.05) is 48.0 Å². The van der Waals surface area contributed by atoms with E-state index in [1.165, 1.54) is 0 Å². The molecule has 2 aromatic rings. The van der Waals surface area contributed by atoms with Gasteiger partial charge >= 0.3 is 0 Å². The number of benzene rings is 2. The number of nitrogens with zero attached hydrogens (tertiary/aromatic N) is 1. The van der Waals surface area contributed by atoms with Crippen LogP contribution >= 0.6 is 11.6 Å². The molecular weight excluding hydrogens is 272 g/mol. The molecular formula is C16H15ClN2O. The lowest BCUT2D eigenvalue weighted by Crippen LogP contribution is -2.19. The van der Waals surface area contributed by atoms with Crippen LogP contribution in [-0.4, -0.2) is 24.0 Å². The van der Waals surface area contributed by atoms with Gasteiger partial charge < -0.3 is 10.4 Å². The van der Waals surface area contributed by atoms with Crippen LogP contribution < -0.4 is 5.32 Å². The van der Waals surface area contributed by atoms with Crippen LogP contribution in [0.3, 0.4) is 0 Å². The van der Waals surface area contributed by atoms with E-state index in [0.717, 1.165) is 35.6 Å². The van der Waals surface area contributed by atoms with Crippen molar-refractivity contribution in [3.8, 4) is 0 Å². The summed E-state index contributed by atoms with van der Waals surface area (Å²) < 4.78 is 0. The molecule has 3 rings (SSSR count). The number of aliphatic imine (C=N–C) groups is 1. The molecule has 0 aliphatic carbocycles. The number of halogens is 1. The second-order valence-electron chi connectivity index (χ2n) is 4.73. The van der Waals surface area contributed by atoms with Gasteiger partial charge in [0.1, 0.15) is 11.9 Å². The summed E-state index contributed by atoms with van der Waals surface area (Å²) in [6.45, 7) is 1.72. The van der Waals surface area contributed by atoms with E-state index in [0.29, 0.717) is 5.02 Å². The molecule has 1 aliphatic heterocycles. The summed E-state index contributed by atoms with van der Waals surface area (Å²) in [6.07, 6.45) is -0.639. The van der Waals surface area contributed by atoms with Crippen molar-refractivity contribution in [3.63, 3.8) is 0 Å². The molecule has 0 spiro atoms. The van der Waals surface area contributed by atoms with Crippen LogP contribution in [-0.2, 0) is 0 Å². The Hall–Kier alpha value is -1.84. The Balaban J connectivity index is 1.81. The van der Waals surface area contributed by atoms with E-state index in [1.807, 2.05) is 36.4 Å². The lowest BCUT2D eigenvalue weighted by atomic mass is 10.0. The van der Waals surface area contributed by atoms with Crippen molar-refractivity contribution in [2.24, 2.45) is 4.99 Å². The Morgan fingerprint density at radius 3 is 2.15 bits per heavy atom. The maximum absolute atomic E-state index is 10.4. The minimum absolute atomic E-state index is 0.639. The van der Waals surface area contributed by atoms with E-state index in [1.54, 1.807) is 12.1 Å². The van der Waals surface area contributed by atoms with Gasteiger partial charge in [-0.25, -0.2) is 0 Å². The largest absolute Gasteiger partial charge is 0.384 e. The molecule has 3 nitrogen and oxygen atoms in total. The highest BCUT2D eigenvalue weighted by molar-refractivity contribution is 6.30. The fourth-order valence-electron chi connectivity index (χ4n) is 2.25. The third-order valence-electron chi connectivity index (χ3n) is 3.36. The first-order valence-electron chi connectivity index (χ1n) is 6.56. The highest BCUT2D eigenvalue weighted by Gasteiger charge is 2.12. The molecule has 2 N–H and O–H groups in total. The Bertz CT molecular complexity index is 620. The molecule has 0 fully saturated rings. The number of amidine groups is 1. The first kappa shape index (κ1) is 13.2. The Kier molecular flexibility index (Phi) is 3.72. The van der Waals surface area contributed by atoms with Gasteiger partial charge in [0.25, 0.3) is 0 Å². The molecule has 1 heterocycles. The van der Waals surface area contributed by atoms with Crippen molar-refractivity contribution < 1.29 is 5.11 Å². The molecule has 0 unspecified atom stereocenters. The summed E-state index contributed by atoms with van der Waals surface area (Å²) >= 11 is 5.85. The average molecular weight is 287 g/mol. The molecule has 102 valence electrons. The fourth-order valence-corrected chi connectivity index (χ4v) is 2.38. The number of rotatable bonds is 3. The monoisotopic (exact) mass is 286 g/mol. The molecule has 20 heavy (non-hydrogen) atoms. The van der Waals surface area contributed by atoms with E-state index in [4.69, 9.17) is 11.6 Å². The Morgan fingerprint density at radius 2 is 1.60 bits per heavy atom. The second-order valence-corrected chi connectivity index (χ2v) is 5.17. The average Bonchev–Trinajstić information content (AvgIpc) is 3.02. The maximum Gasteiger partial charge on any atom is 0.128 e. The minimum Gasteiger partial charge on any atom is -0.384 e. The Morgan fingerprint density at radius 1 is 1.00 bits per heavy atom. The molecule has 2 aromatic carbocycles. The first-order valence-corrected chi connectivity index (χ1v) is 6.94. The number of hydrogen-bond donors (Lipinski definition) is 2. The van der Waals surface area contributed by atoms with Crippen molar-refractivity contribution >= 4 is 17.4 Å². The molecule has 0 radical (unpaired) electrons. The van der Waals surface area contributed by atoms with Gasteiger partial charge in [-0.2, -0.15) is 0 Å². The van der Waals surface area contributed by atoms with Crippen LogP contribution in [0, 0.1) is 0 Å². The van der Waals surface area contributed by atoms with E-state index < -0.39 is 6.10 Å². The van der Waals surface area contributed by atoms with Crippen LogP contribution in [0.5, 0.6) is 0 Å². The van der Waals surface area contributed by atoms with Gasteiger partial charge in [0.2, 0.25) is 0 Å². The molecule has 0 amide bonds. The van der Waals surface area contributed by atoms with Crippen LogP contribution in [0.4, 0.5) is 0 Å². The quantitative estimate of drug-likeness (QED) is 0.911. The molecule has 1 atom stereocenters. The second kappa shape index (κ2) is 5.65. The van der Waals surface area contributed by atoms with Crippen molar-refractivity contribution in [3.05, 3.63) is 70.2 Å². The van der Waals surface area contributed by atoms with E-state index >= 15 is 0 Å². The summed E-state index contributed by atoms with van der Waals surface area (Å²) in [6, 6.07) is 15.1. The third kappa shape index (κ3) is 2.69. The van der Waals surface area contributed by atoms with E-state index in [9.17, 15) is 5.11 Å². The number of nitrogens with one attached hydrogen (secondary N) is 1. The normalized spacial score (nSPS) is 15.6. The third-order valence-corrected chi connectivity index (χ3v) is 3.61. The van der Waals surface area contributed by atoms with Crippen LogP contribution in [0.1, 0.15) is 22.8 Å². The van der Waals surface area contributed by atoms with Crippen LogP contribution in [0.2, 0.25) is 5.02 Å². The summed E-state index contributed by atoms with van der Waals surface area (Å²) in [5.41, 5.74) is 2.74. The zero-order valence-corrected chi connectivity index (χ0v) is 11.6. The minimum atomic E-state index is -0.639. The molecule has 1 aliphatic rings. The SMILES string of the molecule is O[C@@H](c1ccc(Cl)cc1)c1ccc(C2=NCCN2)cc1. The van der Waals surface area contributed by atoms with Crippen molar-refractivity contribution in [1.29, 1.82) is 0 Å². The first-order chi connectivity index (χ1) is 9.74. The smallest absolute Gasteiger partial charge is 0.128 e. The standard InChI is InChI=1S/C16H15ClN2O/c17-14-7-5-12(6-8-14)15(20)11-1-3-13(4-2-11)16-18-9-10-19-16/h1-8,15,20H,9-10H2,(H,18,19)/t15-/m1/s1. The molecule has 4 heteroatoms. The van der Waals surface area contributed by atoms with Crippen LogP contribution in [0.15, 0.2) is 53.5 Å². The maximum atomic E-state index is 10.4. The molecule has 0 saturated carbocycles. The summed E-state index contributed by atoms with van der Waals surface area (Å²) in [5.74, 6) is 0.928. The van der Waals surface area contributed by atoms with E-state index in [-0.39, 0.29) is 0 Å². The summed E-state index contributed by atoms with van der Waals surface area (Å²) in [7, 11) is 0. The zero-order valence-electron chi connectivity index (χ0n) is 10.9.